The number of urea groups is 1. The SMILES string of the molecule is COc1ccccc1NS(=O)(=O)c1ccc2oc(SCC(=O)N3CCNC3=O)nc2c1. The summed E-state index contributed by atoms with van der Waals surface area (Å²) in [5, 5.41) is 2.77. The van der Waals surface area contributed by atoms with Crippen molar-refractivity contribution in [3.05, 3.63) is 42.5 Å². The summed E-state index contributed by atoms with van der Waals surface area (Å²) in [4.78, 5) is 29.1. The molecule has 1 fully saturated rings. The Morgan fingerprint density at radius 2 is 2.13 bits per heavy atom. The highest BCUT2D eigenvalue weighted by Crippen LogP contribution is 2.29. The van der Waals surface area contributed by atoms with Crippen LogP contribution < -0.4 is 14.8 Å². The van der Waals surface area contributed by atoms with Crippen molar-refractivity contribution in [3.63, 3.8) is 0 Å². The van der Waals surface area contributed by atoms with E-state index in [-0.39, 0.29) is 21.8 Å². The summed E-state index contributed by atoms with van der Waals surface area (Å²) in [5.41, 5.74) is 1.02. The minimum Gasteiger partial charge on any atom is -0.495 e. The van der Waals surface area contributed by atoms with Gasteiger partial charge < -0.3 is 14.5 Å². The van der Waals surface area contributed by atoms with Crippen LogP contribution in [0.25, 0.3) is 11.1 Å². The molecule has 0 saturated carbocycles. The molecule has 2 heterocycles. The number of nitrogens with one attached hydrogen (secondary N) is 2. The molecule has 0 spiro atoms. The number of imide groups is 1. The number of fused-ring (bicyclic) bond motifs is 1. The molecule has 3 aromatic rings. The Morgan fingerprint density at radius 1 is 1.32 bits per heavy atom. The van der Waals surface area contributed by atoms with Gasteiger partial charge in [-0.2, -0.15) is 0 Å². The van der Waals surface area contributed by atoms with Gasteiger partial charge in [0.05, 0.1) is 23.4 Å². The topological polar surface area (TPSA) is 131 Å². The van der Waals surface area contributed by atoms with Crippen LogP contribution in [0.2, 0.25) is 0 Å². The minimum absolute atomic E-state index is 0.000528. The van der Waals surface area contributed by atoms with Crippen LogP contribution >= 0.6 is 11.8 Å². The first-order chi connectivity index (χ1) is 14.9. The quantitative estimate of drug-likeness (QED) is 0.512. The Morgan fingerprint density at radius 3 is 2.87 bits per heavy atom. The largest absolute Gasteiger partial charge is 0.495 e. The van der Waals surface area contributed by atoms with E-state index in [2.05, 4.69) is 15.0 Å². The first-order valence-corrected chi connectivity index (χ1v) is 11.6. The van der Waals surface area contributed by atoms with Crippen molar-refractivity contribution in [2.24, 2.45) is 0 Å². The predicted octanol–water partition coefficient (Wildman–Crippen LogP) is 2.28. The highest BCUT2D eigenvalue weighted by Gasteiger charge is 2.26. The second kappa shape index (κ2) is 8.47. The van der Waals surface area contributed by atoms with Gasteiger partial charge in [-0.05, 0) is 30.3 Å². The third kappa shape index (κ3) is 4.44. The maximum absolute atomic E-state index is 12.8. The Kier molecular flexibility index (Phi) is 5.74. The first-order valence-electron chi connectivity index (χ1n) is 9.15. The molecule has 0 unspecified atom stereocenters. The normalized spacial score (nSPS) is 14.0. The summed E-state index contributed by atoms with van der Waals surface area (Å²) in [6, 6.07) is 10.5. The molecule has 0 radical (unpaired) electrons. The maximum Gasteiger partial charge on any atom is 0.324 e. The molecular weight excluding hydrogens is 444 g/mol. The van der Waals surface area contributed by atoms with Gasteiger partial charge in [0.2, 0.25) is 5.91 Å². The Bertz CT molecular complexity index is 1260. The molecule has 1 aliphatic rings. The summed E-state index contributed by atoms with van der Waals surface area (Å²) in [6.45, 7) is 0.754. The molecule has 10 nitrogen and oxygen atoms in total. The average Bonchev–Trinajstić information content (AvgIpc) is 3.37. The van der Waals surface area contributed by atoms with Crippen LogP contribution in [-0.4, -0.2) is 56.2 Å². The molecule has 162 valence electrons. The third-order valence-electron chi connectivity index (χ3n) is 4.48. The number of ether oxygens (including phenoxy) is 1. The number of rotatable bonds is 7. The molecule has 0 atom stereocenters. The van der Waals surface area contributed by atoms with Gasteiger partial charge in [0.25, 0.3) is 15.2 Å². The predicted molar refractivity (Wildman–Crippen MR) is 114 cm³/mol. The maximum atomic E-state index is 12.8. The van der Waals surface area contributed by atoms with Crippen molar-refractivity contribution in [2.45, 2.75) is 10.1 Å². The fourth-order valence-corrected chi connectivity index (χ4v) is 4.76. The highest BCUT2D eigenvalue weighted by atomic mass is 32.2. The van der Waals surface area contributed by atoms with Crippen molar-refractivity contribution in [1.82, 2.24) is 15.2 Å². The van der Waals surface area contributed by atoms with E-state index < -0.39 is 16.1 Å². The van der Waals surface area contributed by atoms with Gasteiger partial charge in [-0.15, -0.1) is 0 Å². The number of methoxy groups -OCH3 is 1. The number of nitrogens with zero attached hydrogens (tertiary/aromatic N) is 2. The van der Waals surface area contributed by atoms with E-state index >= 15 is 0 Å². The first kappa shape index (κ1) is 21.0. The van der Waals surface area contributed by atoms with Crippen LogP contribution in [0, 0.1) is 0 Å². The number of hydrogen-bond acceptors (Lipinski definition) is 8. The van der Waals surface area contributed by atoms with Gasteiger partial charge in [0.1, 0.15) is 11.3 Å². The van der Waals surface area contributed by atoms with Crippen LogP contribution in [0.3, 0.4) is 0 Å². The Labute approximate surface area is 182 Å². The molecule has 4 rings (SSSR count). The fraction of sp³-hybridized carbons (Fsp3) is 0.211. The van der Waals surface area contributed by atoms with Gasteiger partial charge in [-0.3, -0.25) is 14.4 Å². The fourth-order valence-electron chi connectivity index (χ4n) is 2.96. The van der Waals surface area contributed by atoms with Crippen LogP contribution in [0.5, 0.6) is 5.75 Å². The Balaban J connectivity index is 1.50. The van der Waals surface area contributed by atoms with E-state index in [0.717, 1.165) is 16.7 Å². The van der Waals surface area contributed by atoms with E-state index in [9.17, 15) is 18.0 Å². The van der Waals surface area contributed by atoms with E-state index in [0.29, 0.717) is 35.6 Å². The van der Waals surface area contributed by atoms with E-state index in [1.165, 1.54) is 25.3 Å². The molecule has 3 amide bonds. The smallest absolute Gasteiger partial charge is 0.324 e. The summed E-state index contributed by atoms with van der Waals surface area (Å²) >= 11 is 1.03. The lowest BCUT2D eigenvalue weighted by molar-refractivity contribution is -0.124. The minimum atomic E-state index is -3.89. The molecule has 12 heteroatoms. The molecule has 2 N–H and O–H groups in total. The number of sulfonamides is 1. The molecule has 1 aromatic heterocycles. The van der Waals surface area contributed by atoms with Gasteiger partial charge >= 0.3 is 6.03 Å². The number of aromatic nitrogens is 1. The van der Waals surface area contributed by atoms with Gasteiger partial charge in [-0.25, -0.2) is 18.2 Å². The number of para-hydroxylation sites is 2. The zero-order valence-corrected chi connectivity index (χ0v) is 18.0. The number of hydrogen-bond donors (Lipinski definition) is 2. The number of anilines is 1. The highest BCUT2D eigenvalue weighted by molar-refractivity contribution is 7.99. The molecule has 31 heavy (non-hydrogen) atoms. The summed E-state index contributed by atoms with van der Waals surface area (Å²) in [6.07, 6.45) is 0. The lowest BCUT2D eigenvalue weighted by atomic mass is 10.3. The van der Waals surface area contributed by atoms with Gasteiger partial charge in [0.15, 0.2) is 5.58 Å². The van der Waals surface area contributed by atoms with Crippen molar-refractivity contribution < 1.29 is 27.2 Å². The Hall–Kier alpha value is -3.25. The van der Waals surface area contributed by atoms with Crippen molar-refractivity contribution in [1.29, 1.82) is 0 Å². The van der Waals surface area contributed by atoms with Crippen LogP contribution in [0.15, 0.2) is 57.0 Å². The second-order valence-electron chi connectivity index (χ2n) is 6.48. The molecule has 2 aromatic carbocycles. The molecule has 0 bridgehead atoms. The molecule has 0 aliphatic carbocycles. The average molecular weight is 463 g/mol. The number of amides is 3. The van der Waals surface area contributed by atoms with E-state index in [4.69, 9.17) is 9.15 Å². The number of oxazole rings is 1. The molecular formula is C19H18N4O6S2. The van der Waals surface area contributed by atoms with E-state index in [1.54, 1.807) is 24.3 Å². The zero-order chi connectivity index (χ0) is 22.0. The zero-order valence-electron chi connectivity index (χ0n) is 16.3. The summed E-state index contributed by atoms with van der Waals surface area (Å²) < 4.78 is 38.8. The van der Waals surface area contributed by atoms with Gasteiger partial charge in [-0.1, -0.05) is 23.9 Å². The van der Waals surface area contributed by atoms with Crippen molar-refractivity contribution in [2.75, 3.05) is 30.7 Å². The second-order valence-corrected chi connectivity index (χ2v) is 9.09. The molecule has 1 saturated heterocycles. The standard InChI is InChI=1S/C19H18N4O6S2/c1-28-15-5-3-2-4-13(15)22-31(26,27)12-6-7-16-14(10-12)21-19(29-16)30-11-17(24)23-9-8-20-18(23)25/h2-7,10,22H,8-9,11H2,1H3,(H,20,25). The van der Waals surface area contributed by atoms with E-state index in [1.807, 2.05) is 0 Å². The number of carbonyl (C=O) groups excluding carboxylic acids is 2. The number of thioether (sulfide) groups is 1. The summed E-state index contributed by atoms with van der Waals surface area (Å²) in [5.74, 6) is 0.0102. The monoisotopic (exact) mass is 462 g/mol. The van der Waals surface area contributed by atoms with Crippen molar-refractivity contribution >= 4 is 50.5 Å². The number of carbonyl (C=O) groups is 2. The third-order valence-corrected chi connectivity index (χ3v) is 6.65. The number of benzene rings is 2. The molecule has 1 aliphatic heterocycles. The van der Waals surface area contributed by atoms with Crippen molar-refractivity contribution in [3.8, 4) is 5.75 Å². The van der Waals surface area contributed by atoms with Crippen LogP contribution in [-0.2, 0) is 14.8 Å². The lowest BCUT2D eigenvalue weighted by Gasteiger charge is -2.11. The lowest BCUT2D eigenvalue weighted by Crippen LogP contribution is -2.35. The van der Waals surface area contributed by atoms with Crippen LogP contribution in [0.4, 0.5) is 10.5 Å². The van der Waals surface area contributed by atoms with Crippen LogP contribution in [0.1, 0.15) is 0 Å². The van der Waals surface area contributed by atoms with Gasteiger partial charge in [0, 0.05) is 13.1 Å². The summed E-state index contributed by atoms with van der Waals surface area (Å²) in [7, 11) is -2.44.